The Labute approximate surface area is 167 Å². The number of carbonyl (C=O) groups excluding carboxylic acids is 1. The minimum atomic E-state index is 0.737. The fraction of sp³-hybridized carbons (Fsp3) is 0.348. The molecular formula is C23H29ClN2O. The number of carbonyl (C=O) groups is 1. The molecule has 0 aliphatic carbocycles. The quantitative estimate of drug-likeness (QED) is 0.293. The number of benzene rings is 1. The van der Waals surface area contributed by atoms with Gasteiger partial charge >= 0.3 is 0 Å². The lowest BCUT2D eigenvalue weighted by atomic mass is 10.0. The Morgan fingerprint density at radius 3 is 2.59 bits per heavy atom. The first-order valence-electron chi connectivity index (χ1n) is 9.57. The third-order valence-corrected chi connectivity index (χ3v) is 5.14. The largest absolute Gasteiger partial charge is 0.359 e. The van der Waals surface area contributed by atoms with Crippen LogP contribution in [0.15, 0.2) is 48.7 Å². The second kappa shape index (κ2) is 10.8. The smallest absolute Gasteiger partial charge is 0.207 e. The van der Waals surface area contributed by atoms with Crippen molar-refractivity contribution in [1.82, 2.24) is 9.88 Å². The van der Waals surface area contributed by atoms with Gasteiger partial charge < -0.3 is 9.88 Å². The van der Waals surface area contributed by atoms with Crippen LogP contribution >= 0.6 is 11.6 Å². The Morgan fingerprint density at radius 2 is 1.96 bits per heavy atom. The van der Waals surface area contributed by atoms with Crippen molar-refractivity contribution in [3.8, 4) is 5.69 Å². The monoisotopic (exact) mass is 384 g/mol. The number of unbranched alkanes of at least 4 members (excludes halogenated alkanes) is 2. The molecule has 0 saturated carbocycles. The molecule has 0 atom stereocenters. The highest BCUT2D eigenvalue weighted by molar-refractivity contribution is 6.32. The van der Waals surface area contributed by atoms with Crippen LogP contribution in [-0.4, -0.2) is 17.5 Å². The third kappa shape index (κ3) is 5.86. The summed E-state index contributed by atoms with van der Waals surface area (Å²) in [5.41, 5.74) is 5.80. The fourth-order valence-electron chi connectivity index (χ4n) is 3.13. The lowest BCUT2D eigenvalue weighted by molar-refractivity contribution is -0.109. The number of nitrogens with zero attached hydrogens (tertiary/aromatic N) is 1. The molecule has 2 rings (SSSR count). The molecule has 0 fully saturated rings. The minimum absolute atomic E-state index is 0.737. The zero-order valence-electron chi connectivity index (χ0n) is 16.3. The van der Waals surface area contributed by atoms with Gasteiger partial charge in [-0.2, -0.15) is 0 Å². The molecule has 0 aliphatic rings. The molecular weight excluding hydrogens is 356 g/mol. The summed E-state index contributed by atoms with van der Waals surface area (Å²) in [5.74, 6) is 0. The number of allylic oxidation sites excluding steroid dienone is 2. The molecule has 1 heterocycles. The number of hydrogen-bond acceptors (Lipinski definition) is 1. The molecule has 0 bridgehead atoms. The molecule has 2 aromatic rings. The van der Waals surface area contributed by atoms with Crippen molar-refractivity contribution in [1.29, 1.82) is 0 Å². The summed E-state index contributed by atoms with van der Waals surface area (Å²) in [7, 11) is 0. The molecule has 144 valence electrons. The lowest BCUT2D eigenvalue weighted by Crippen LogP contribution is -2.11. The topological polar surface area (TPSA) is 34.0 Å². The molecule has 1 aromatic carbocycles. The number of nitrogens with one attached hydrogen (secondary N) is 1. The molecule has 1 amide bonds. The van der Waals surface area contributed by atoms with E-state index in [0.717, 1.165) is 67.0 Å². The maximum Gasteiger partial charge on any atom is 0.207 e. The SMILES string of the molecule is C=C/C(=C\c1c(Cl)cn(-c2ccc(CC)cc2)c1C)CCCCCNC=O. The Hall–Kier alpha value is -2.26. The van der Waals surface area contributed by atoms with E-state index < -0.39 is 0 Å². The van der Waals surface area contributed by atoms with Gasteiger partial charge in [0.25, 0.3) is 0 Å². The van der Waals surface area contributed by atoms with Crippen LogP contribution in [0.3, 0.4) is 0 Å². The van der Waals surface area contributed by atoms with Crippen molar-refractivity contribution < 1.29 is 4.79 Å². The molecule has 0 unspecified atom stereocenters. The van der Waals surface area contributed by atoms with Gasteiger partial charge in [0.05, 0.1) is 5.02 Å². The fourth-order valence-corrected chi connectivity index (χ4v) is 3.42. The first-order valence-corrected chi connectivity index (χ1v) is 9.95. The maximum atomic E-state index is 10.2. The first-order chi connectivity index (χ1) is 13.1. The third-order valence-electron chi connectivity index (χ3n) is 4.84. The molecule has 0 aliphatic heterocycles. The highest BCUT2D eigenvalue weighted by Gasteiger charge is 2.11. The van der Waals surface area contributed by atoms with Gasteiger partial charge in [0.1, 0.15) is 0 Å². The number of rotatable bonds is 11. The highest BCUT2D eigenvalue weighted by atomic mass is 35.5. The minimum Gasteiger partial charge on any atom is -0.359 e. The van der Waals surface area contributed by atoms with E-state index >= 15 is 0 Å². The lowest BCUT2D eigenvalue weighted by Gasteiger charge is -2.08. The summed E-state index contributed by atoms with van der Waals surface area (Å²) in [6, 6.07) is 8.59. The summed E-state index contributed by atoms with van der Waals surface area (Å²) in [5, 5.41) is 3.45. The van der Waals surface area contributed by atoms with Crippen LogP contribution in [0.1, 0.15) is 49.4 Å². The van der Waals surface area contributed by atoms with Gasteiger partial charge in [-0.15, -0.1) is 0 Å². The van der Waals surface area contributed by atoms with E-state index in [1.807, 2.05) is 12.3 Å². The van der Waals surface area contributed by atoms with Crippen molar-refractivity contribution in [2.24, 2.45) is 0 Å². The average Bonchev–Trinajstić information content (AvgIpc) is 2.97. The number of halogens is 1. The molecule has 0 saturated heterocycles. The van der Waals surface area contributed by atoms with Gasteiger partial charge in [0.15, 0.2) is 0 Å². The molecule has 0 spiro atoms. The second-order valence-corrected chi connectivity index (χ2v) is 7.08. The van der Waals surface area contributed by atoms with Crippen molar-refractivity contribution in [2.75, 3.05) is 6.54 Å². The zero-order valence-corrected chi connectivity index (χ0v) is 17.1. The Morgan fingerprint density at radius 1 is 1.22 bits per heavy atom. The van der Waals surface area contributed by atoms with Crippen molar-refractivity contribution in [2.45, 2.75) is 46.0 Å². The number of aromatic nitrogens is 1. The molecule has 1 N–H and O–H groups in total. The van der Waals surface area contributed by atoms with E-state index in [0.29, 0.717) is 0 Å². The normalized spacial score (nSPS) is 11.4. The van der Waals surface area contributed by atoms with Gasteiger partial charge in [-0.1, -0.05) is 49.7 Å². The number of aryl methyl sites for hydroxylation is 1. The Bertz CT molecular complexity index is 787. The van der Waals surface area contributed by atoms with Crippen molar-refractivity contribution in [3.05, 3.63) is 70.5 Å². The van der Waals surface area contributed by atoms with Crippen LogP contribution in [-0.2, 0) is 11.2 Å². The van der Waals surface area contributed by atoms with Gasteiger partial charge in [0.2, 0.25) is 6.41 Å². The van der Waals surface area contributed by atoms with E-state index in [1.165, 1.54) is 11.1 Å². The summed E-state index contributed by atoms with van der Waals surface area (Å²) in [6.07, 6.45) is 11.9. The molecule has 4 heteroatoms. The number of amides is 1. The van der Waals surface area contributed by atoms with Crippen LogP contribution < -0.4 is 5.32 Å². The van der Waals surface area contributed by atoms with Gasteiger partial charge in [-0.25, -0.2) is 0 Å². The standard InChI is InChI=1S/C23H29ClN2O/c1-4-19-10-12-21(13-11-19)26-16-23(24)22(18(26)3)15-20(5-2)9-7-6-8-14-25-17-27/h5,10-13,15-17H,2,4,6-9,14H2,1,3H3,(H,25,27)/b20-15+. The maximum absolute atomic E-state index is 10.2. The molecule has 27 heavy (non-hydrogen) atoms. The van der Waals surface area contributed by atoms with Gasteiger partial charge in [-0.05, 0) is 62.0 Å². The van der Waals surface area contributed by atoms with Gasteiger partial charge in [-0.3, -0.25) is 4.79 Å². The average molecular weight is 385 g/mol. The van der Waals surface area contributed by atoms with Crippen LogP contribution in [0.25, 0.3) is 11.8 Å². The Balaban J connectivity index is 2.12. The number of hydrogen-bond donors (Lipinski definition) is 1. The molecule has 0 radical (unpaired) electrons. The van der Waals surface area contributed by atoms with E-state index in [9.17, 15) is 4.79 Å². The van der Waals surface area contributed by atoms with Crippen LogP contribution in [0, 0.1) is 6.92 Å². The van der Waals surface area contributed by atoms with E-state index in [-0.39, 0.29) is 0 Å². The van der Waals surface area contributed by atoms with Crippen LogP contribution in [0.2, 0.25) is 5.02 Å². The zero-order chi connectivity index (χ0) is 19.6. The highest BCUT2D eigenvalue weighted by Crippen LogP contribution is 2.29. The van der Waals surface area contributed by atoms with Gasteiger partial charge in [0, 0.05) is 29.7 Å². The molecule has 1 aromatic heterocycles. The van der Waals surface area contributed by atoms with Crippen molar-refractivity contribution in [3.63, 3.8) is 0 Å². The van der Waals surface area contributed by atoms with E-state index in [2.05, 4.69) is 60.7 Å². The van der Waals surface area contributed by atoms with E-state index in [4.69, 9.17) is 11.6 Å². The first kappa shape index (κ1) is 21.0. The second-order valence-electron chi connectivity index (χ2n) is 6.67. The summed E-state index contributed by atoms with van der Waals surface area (Å²) in [6.45, 7) is 8.94. The summed E-state index contributed by atoms with van der Waals surface area (Å²) < 4.78 is 2.14. The van der Waals surface area contributed by atoms with Crippen LogP contribution in [0.5, 0.6) is 0 Å². The predicted molar refractivity (Wildman–Crippen MR) is 116 cm³/mol. The van der Waals surface area contributed by atoms with Crippen LogP contribution in [0.4, 0.5) is 0 Å². The summed E-state index contributed by atoms with van der Waals surface area (Å²) >= 11 is 6.54. The Kier molecular flexibility index (Phi) is 8.41. The molecule has 3 nitrogen and oxygen atoms in total. The van der Waals surface area contributed by atoms with E-state index in [1.54, 1.807) is 0 Å². The predicted octanol–water partition coefficient (Wildman–Crippen LogP) is 5.88. The summed E-state index contributed by atoms with van der Waals surface area (Å²) in [4.78, 5) is 10.2. The van der Waals surface area contributed by atoms with Crippen molar-refractivity contribution >= 4 is 24.1 Å².